The molecule has 0 aromatic carbocycles. The van der Waals surface area contributed by atoms with Crippen LogP contribution in [0.15, 0.2) is 5.38 Å². The summed E-state index contributed by atoms with van der Waals surface area (Å²) in [4.78, 5) is 15.3. The fraction of sp³-hybridized carbons (Fsp3) is 0.429. The average molecular weight is 201 g/mol. The zero-order chi connectivity index (χ0) is 9.84. The number of hydrogen-bond donors (Lipinski definition) is 3. The monoisotopic (exact) mass is 201 g/mol. The molecule has 1 rings (SSSR count). The molecule has 0 aliphatic rings. The summed E-state index contributed by atoms with van der Waals surface area (Å²) >= 11 is 1.31. The molecule has 0 unspecified atom stereocenters. The van der Waals surface area contributed by atoms with Crippen LogP contribution < -0.4 is 11.5 Å². The minimum absolute atomic E-state index is 0.284. The van der Waals surface area contributed by atoms with E-state index in [0.717, 1.165) is 0 Å². The molecular formula is C7H11N3O2S. The van der Waals surface area contributed by atoms with Gasteiger partial charge in [0.05, 0.1) is 12.6 Å². The van der Waals surface area contributed by atoms with E-state index in [0.29, 0.717) is 11.6 Å². The van der Waals surface area contributed by atoms with Crippen molar-refractivity contribution in [1.82, 2.24) is 4.98 Å². The summed E-state index contributed by atoms with van der Waals surface area (Å²) in [5.74, 6) is -0.349. The van der Waals surface area contributed by atoms with Gasteiger partial charge in [-0.1, -0.05) is 0 Å². The van der Waals surface area contributed by atoms with E-state index >= 15 is 0 Å². The molecule has 0 spiro atoms. The minimum Gasteiger partial charge on any atom is -0.394 e. The average Bonchev–Trinajstić information content (AvgIpc) is 2.63. The number of hydrogen-bond acceptors (Lipinski definition) is 6. The number of aliphatic hydroxyl groups is 1. The zero-order valence-corrected chi connectivity index (χ0v) is 7.75. The number of carbonyl (C=O) groups is 1. The molecule has 0 saturated heterocycles. The summed E-state index contributed by atoms with van der Waals surface area (Å²) in [6, 6.07) is -0.882. The van der Waals surface area contributed by atoms with E-state index in [-0.39, 0.29) is 18.1 Å². The van der Waals surface area contributed by atoms with E-state index in [4.69, 9.17) is 16.6 Å². The highest BCUT2D eigenvalue weighted by molar-refractivity contribution is 7.09. The van der Waals surface area contributed by atoms with Gasteiger partial charge in [-0.25, -0.2) is 4.98 Å². The third kappa shape index (κ3) is 2.31. The number of aliphatic hydroxyl groups excluding tert-OH is 1. The summed E-state index contributed by atoms with van der Waals surface area (Å²) in [5, 5.41) is 10.9. The second-order valence-corrected chi connectivity index (χ2v) is 3.43. The molecule has 0 amide bonds. The van der Waals surface area contributed by atoms with Gasteiger partial charge in [-0.05, 0) is 0 Å². The lowest BCUT2D eigenvalue weighted by atomic mass is 10.2. The molecule has 1 aromatic heterocycles. The molecule has 13 heavy (non-hydrogen) atoms. The highest BCUT2D eigenvalue weighted by Gasteiger charge is 2.17. The molecule has 1 heterocycles. The second-order valence-electron chi connectivity index (χ2n) is 2.48. The second kappa shape index (κ2) is 4.43. The Morgan fingerprint density at radius 2 is 2.46 bits per heavy atom. The fourth-order valence-corrected chi connectivity index (χ4v) is 1.45. The molecule has 0 fully saturated rings. The number of carbonyl (C=O) groups excluding carboxylic acids is 1. The van der Waals surface area contributed by atoms with Crippen molar-refractivity contribution in [3.05, 3.63) is 16.1 Å². The minimum atomic E-state index is -0.882. The molecule has 6 heteroatoms. The fourth-order valence-electron chi connectivity index (χ4n) is 0.791. The maximum atomic E-state index is 11.3. The van der Waals surface area contributed by atoms with Crippen molar-refractivity contribution < 1.29 is 9.90 Å². The highest BCUT2D eigenvalue weighted by atomic mass is 32.1. The Morgan fingerprint density at radius 3 is 2.92 bits per heavy atom. The summed E-state index contributed by atoms with van der Waals surface area (Å²) in [6.45, 7) is -0.0549. The SMILES string of the molecule is NCc1nc(C(=O)[C@@H](N)CO)cs1. The van der Waals surface area contributed by atoms with Crippen LogP contribution in [0.4, 0.5) is 0 Å². The maximum absolute atomic E-state index is 11.3. The first-order valence-corrected chi connectivity index (χ1v) is 4.62. The Hall–Kier alpha value is -0.820. The van der Waals surface area contributed by atoms with Gasteiger partial charge >= 0.3 is 0 Å². The standard InChI is InChI=1S/C7H11N3O2S/c8-1-6-10-5(3-13-6)7(12)4(9)2-11/h3-4,11H,1-2,8-9H2/t4-/m0/s1. The van der Waals surface area contributed by atoms with Crippen LogP contribution >= 0.6 is 11.3 Å². The van der Waals surface area contributed by atoms with Gasteiger partial charge < -0.3 is 16.6 Å². The van der Waals surface area contributed by atoms with Crippen LogP contribution in [0.2, 0.25) is 0 Å². The number of aromatic nitrogens is 1. The number of ketones is 1. The lowest BCUT2D eigenvalue weighted by Gasteiger charge is -2.02. The number of Topliss-reactive ketones (excluding diaryl/α,β-unsaturated/α-hetero) is 1. The molecule has 1 atom stereocenters. The van der Waals surface area contributed by atoms with Crippen molar-refractivity contribution in [2.75, 3.05) is 6.61 Å². The Morgan fingerprint density at radius 1 is 1.77 bits per heavy atom. The van der Waals surface area contributed by atoms with Crippen molar-refractivity contribution in [1.29, 1.82) is 0 Å². The molecule has 0 aliphatic heterocycles. The van der Waals surface area contributed by atoms with Gasteiger partial charge in [0.25, 0.3) is 0 Å². The first-order valence-electron chi connectivity index (χ1n) is 3.74. The molecule has 1 aromatic rings. The molecule has 5 nitrogen and oxygen atoms in total. The van der Waals surface area contributed by atoms with E-state index < -0.39 is 6.04 Å². The van der Waals surface area contributed by atoms with Crippen LogP contribution in [0.25, 0.3) is 0 Å². The van der Waals surface area contributed by atoms with Crippen LogP contribution in [0.3, 0.4) is 0 Å². The molecular weight excluding hydrogens is 190 g/mol. The summed E-state index contributed by atoms with van der Waals surface area (Å²) in [6.07, 6.45) is 0. The number of nitrogens with zero attached hydrogens (tertiary/aromatic N) is 1. The molecule has 0 radical (unpaired) electrons. The van der Waals surface area contributed by atoms with E-state index in [1.165, 1.54) is 11.3 Å². The Balaban J connectivity index is 2.77. The molecule has 72 valence electrons. The Kier molecular flexibility index (Phi) is 3.49. The molecule has 0 saturated carbocycles. The van der Waals surface area contributed by atoms with Gasteiger partial charge in [0.1, 0.15) is 10.7 Å². The van der Waals surface area contributed by atoms with Gasteiger partial charge in [0.2, 0.25) is 5.78 Å². The summed E-state index contributed by atoms with van der Waals surface area (Å²) < 4.78 is 0. The zero-order valence-electron chi connectivity index (χ0n) is 6.93. The number of rotatable bonds is 4. The van der Waals surface area contributed by atoms with Crippen molar-refractivity contribution in [2.45, 2.75) is 12.6 Å². The molecule has 0 bridgehead atoms. The van der Waals surface area contributed by atoms with Gasteiger partial charge in [-0.3, -0.25) is 4.79 Å². The van der Waals surface area contributed by atoms with E-state index in [1.54, 1.807) is 5.38 Å². The van der Waals surface area contributed by atoms with Crippen molar-refractivity contribution in [3.8, 4) is 0 Å². The van der Waals surface area contributed by atoms with Crippen LogP contribution in [-0.4, -0.2) is 28.5 Å². The van der Waals surface area contributed by atoms with Crippen molar-refractivity contribution >= 4 is 17.1 Å². The van der Waals surface area contributed by atoms with E-state index in [2.05, 4.69) is 4.98 Å². The van der Waals surface area contributed by atoms with Crippen LogP contribution in [0.1, 0.15) is 15.5 Å². The van der Waals surface area contributed by atoms with Crippen molar-refractivity contribution in [2.24, 2.45) is 11.5 Å². The van der Waals surface area contributed by atoms with Gasteiger partial charge in [0, 0.05) is 11.9 Å². The van der Waals surface area contributed by atoms with Crippen LogP contribution in [0, 0.1) is 0 Å². The third-order valence-electron chi connectivity index (χ3n) is 1.51. The largest absolute Gasteiger partial charge is 0.394 e. The smallest absolute Gasteiger partial charge is 0.201 e. The lowest BCUT2D eigenvalue weighted by molar-refractivity contribution is 0.0921. The topological polar surface area (TPSA) is 102 Å². The highest BCUT2D eigenvalue weighted by Crippen LogP contribution is 2.10. The maximum Gasteiger partial charge on any atom is 0.201 e. The quantitative estimate of drug-likeness (QED) is 0.548. The van der Waals surface area contributed by atoms with Gasteiger partial charge in [-0.2, -0.15) is 0 Å². The number of thiazole rings is 1. The normalized spacial score (nSPS) is 12.8. The Bertz CT molecular complexity index is 300. The molecule has 5 N–H and O–H groups in total. The van der Waals surface area contributed by atoms with Gasteiger partial charge in [-0.15, -0.1) is 11.3 Å². The predicted molar refractivity (Wildman–Crippen MR) is 49.4 cm³/mol. The van der Waals surface area contributed by atoms with E-state index in [9.17, 15) is 4.79 Å². The van der Waals surface area contributed by atoms with E-state index in [1.807, 2.05) is 0 Å². The summed E-state index contributed by atoms with van der Waals surface area (Å²) in [5.41, 5.74) is 10.9. The van der Waals surface area contributed by atoms with Crippen LogP contribution in [-0.2, 0) is 6.54 Å². The number of nitrogens with two attached hydrogens (primary N) is 2. The Labute approximate surface area is 79.4 Å². The first-order chi connectivity index (χ1) is 6.19. The third-order valence-corrected chi connectivity index (χ3v) is 2.38. The summed E-state index contributed by atoms with van der Waals surface area (Å²) in [7, 11) is 0. The van der Waals surface area contributed by atoms with Crippen molar-refractivity contribution in [3.63, 3.8) is 0 Å². The van der Waals surface area contributed by atoms with Crippen LogP contribution in [0.5, 0.6) is 0 Å². The lowest BCUT2D eigenvalue weighted by Crippen LogP contribution is -2.34. The van der Waals surface area contributed by atoms with Gasteiger partial charge in [0.15, 0.2) is 0 Å². The first kappa shape index (κ1) is 10.3. The molecule has 0 aliphatic carbocycles. The predicted octanol–water partition coefficient (Wildman–Crippen LogP) is -0.896.